The molecule has 0 aromatic heterocycles. The fourth-order valence-corrected chi connectivity index (χ4v) is 3.57. The van der Waals surface area contributed by atoms with Crippen LogP contribution in [0.5, 0.6) is 0 Å². The van der Waals surface area contributed by atoms with Gasteiger partial charge in [-0.1, -0.05) is 37.6 Å². The summed E-state index contributed by atoms with van der Waals surface area (Å²) in [6, 6.07) is 8.40. The standard InChI is InChI=1S/C14H20OS/c1-2-11-6-5-7-12(10-11)14(15)13-8-3-4-9-16-13/h5-7,10,13-15H,2-4,8-9H2,1H3. The maximum atomic E-state index is 10.3. The van der Waals surface area contributed by atoms with Crippen LogP contribution in [0.3, 0.4) is 0 Å². The maximum Gasteiger partial charge on any atom is 0.0908 e. The fourth-order valence-electron chi connectivity index (χ4n) is 2.23. The first-order valence-corrected chi connectivity index (χ1v) is 7.24. The predicted molar refractivity (Wildman–Crippen MR) is 70.9 cm³/mol. The van der Waals surface area contributed by atoms with E-state index in [1.807, 2.05) is 11.8 Å². The van der Waals surface area contributed by atoms with Crippen molar-refractivity contribution >= 4 is 11.8 Å². The normalized spacial score (nSPS) is 23.0. The molecule has 1 fully saturated rings. The Morgan fingerprint density at radius 3 is 3.00 bits per heavy atom. The Morgan fingerprint density at radius 1 is 1.44 bits per heavy atom. The zero-order valence-corrected chi connectivity index (χ0v) is 10.7. The molecule has 1 aromatic rings. The number of hydrogen-bond donors (Lipinski definition) is 1. The van der Waals surface area contributed by atoms with Crippen molar-refractivity contribution in [1.29, 1.82) is 0 Å². The smallest absolute Gasteiger partial charge is 0.0908 e. The van der Waals surface area contributed by atoms with Crippen molar-refractivity contribution in [3.63, 3.8) is 0 Å². The van der Waals surface area contributed by atoms with E-state index in [0.717, 1.165) is 18.4 Å². The van der Waals surface area contributed by atoms with E-state index in [1.165, 1.54) is 24.2 Å². The summed E-state index contributed by atoms with van der Waals surface area (Å²) in [6.45, 7) is 2.15. The SMILES string of the molecule is CCc1cccc(C(O)C2CCCCS2)c1. The zero-order valence-electron chi connectivity index (χ0n) is 9.86. The molecule has 1 aromatic carbocycles. The third kappa shape index (κ3) is 2.80. The van der Waals surface area contributed by atoms with Crippen molar-refractivity contribution in [2.24, 2.45) is 0 Å². The zero-order chi connectivity index (χ0) is 11.4. The Bertz CT molecular complexity index is 331. The first kappa shape index (κ1) is 12.0. The lowest BCUT2D eigenvalue weighted by molar-refractivity contribution is 0.168. The number of aliphatic hydroxyl groups excluding tert-OH is 1. The van der Waals surface area contributed by atoms with Gasteiger partial charge in [-0.25, -0.2) is 0 Å². The lowest BCUT2D eigenvalue weighted by Crippen LogP contribution is -2.19. The van der Waals surface area contributed by atoms with Crippen LogP contribution in [0.2, 0.25) is 0 Å². The van der Waals surface area contributed by atoms with E-state index in [4.69, 9.17) is 0 Å². The third-order valence-corrected chi connectivity index (χ3v) is 4.71. The van der Waals surface area contributed by atoms with Gasteiger partial charge in [-0.2, -0.15) is 11.8 Å². The van der Waals surface area contributed by atoms with Gasteiger partial charge in [0.25, 0.3) is 0 Å². The molecule has 0 bridgehead atoms. The summed E-state index contributed by atoms with van der Waals surface area (Å²) >= 11 is 1.93. The Balaban J connectivity index is 2.09. The molecule has 88 valence electrons. The molecule has 1 nitrogen and oxygen atoms in total. The quantitative estimate of drug-likeness (QED) is 0.866. The summed E-state index contributed by atoms with van der Waals surface area (Å²) < 4.78 is 0. The molecule has 16 heavy (non-hydrogen) atoms. The number of hydrogen-bond acceptors (Lipinski definition) is 2. The van der Waals surface area contributed by atoms with E-state index in [9.17, 15) is 5.11 Å². The van der Waals surface area contributed by atoms with Crippen LogP contribution in [0.4, 0.5) is 0 Å². The van der Waals surface area contributed by atoms with Crippen LogP contribution in [0.25, 0.3) is 0 Å². The number of rotatable bonds is 3. The molecule has 1 saturated heterocycles. The minimum atomic E-state index is -0.281. The Morgan fingerprint density at radius 2 is 2.31 bits per heavy atom. The van der Waals surface area contributed by atoms with E-state index in [-0.39, 0.29) is 6.10 Å². The molecule has 1 aliphatic heterocycles. The Labute approximate surface area is 102 Å². The molecule has 2 unspecified atom stereocenters. The van der Waals surface area contributed by atoms with Crippen LogP contribution in [0.1, 0.15) is 43.4 Å². The molecule has 0 radical (unpaired) electrons. The monoisotopic (exact) mass is 236 g/mol. The lowest BCUT2D eigenvalue weighted by atomic mass is 9.99. The third-order valence-electron chi connectivity index (χ3n) is 3.27. The van der Waals surface area contributed by atoms with Gasteiger partial charge in [0.2, 0.25) is 0 Å². The summed E-state index contributed by atoms with van der Waals surface area (Å²) in [6.07, 6.45) is 4.49. The van der Waals surface area contributed by atoms with Crippen molar-refractivity contribution < 1.29 is 5.11 Å². The van der Waals surface area contributed by atoms with Gasteiger partial charge in [0, 0.05) is 5.25 Å². The average molecular weight is 236 g/mol. The second-order valence-electron chi connectivity index (χ2n) is 4.45. The van der Waals surface area contributed by atoms with Crippen molar-refractivity contribution in [2.75, 3.05) is 5.75 Å². The predicted octanol–water partition coefficient (Wildman–Crippen LogP) is 3.57. The molecular weight excluding hydrogens is 216 g/mol. The molecule has 2 rings (SSSR count). The second kappa shape index (κ2) is 5.74. The van der Waals surface area contributed by atoms with Crippen molar-refractivity contribution in [1.82, 2.24) is 0 Å². The first-order valence-electron chi connectivity index (χ1n) is 6.19. The number of aryl methyl sites for hydroxylation is 1. The topological polar surface area (TPSA) is 20.2 Å². The van der Waals surface area contributed by atoms with Crippen LogP contribution in [0.15, 0.2) is 24.3 Å². The van der Waals surface area contributed by atoms with Gasteiger partial charge >= 0.3 is 0 Å². The minimum Gasteiger partial charge on any atom is -0.387 e. The first-order chi connectivity index (χ1) is 7.81. The van der Waals surface area contributed by atoms with Crippen LogP contribution in [-0.2, 0) is 6.42 Å². The van der Waals surface area contributed by atoms with Gasteiger partial charge in [-0.15, -0.1) is 0 Å². The van der Waals surface area contributed by atoms with E-state index >= 15 is 0 Å². The highest BCUT2D eigenvalue weighted by atomic mass is 32.2. The molecule has 1 N–H and O–H groups in total. The molecule has 2 heteroatoms. The van der Waals surface area contributed by atoms with Gasteiger partial charge < -0.3 is 5.11 Å². The number of aliphatic hydroxyl groups is 1. The van der Waals surface area contributed by atoms with Crippen LogP contribution in [-0.4, -0.2) is 16.1 Å². The van der Waals surface area contributed by atoms with Gasteiger partial charge in [-0.3, -0.25) is 0 Å². The van der Waals surface area contributed by atoms with Crippen molar-refractivity contribution in [2.45, 2.75) is 44.0 Å². The summed E-state index contributed by atoms with van der Waals surface area (Å²) in [7, 11) is 0. The van der Waals surface area contributed by atoms with Crippen LogP contribution >= 0.6 is 11.8 Å². The maximum absolute atomic E-state index is 10.3. The molecule has 1 aliphatic rings. The summed E-state index contributed by atoms with van der Waals surface area (Å²) in [4.78, 5) is 0. The molecular formula is C14H20OS. The van der Waals surface area contributed by atoms with E-state index in [0.29, 0.717) is 5.25 Å². The second-order valence-corrected chi connectivity index (χ2v) is 5.80. The minimum absolute atomic E-state index is 0.281. The van der Waals surface area contributed by atoms with Gasteiger partial charge in [-0.05, 0) is 36.1 Å². The number of benzene rings is 1. The summed E-state index contributed by atoms with van der Waals surface area (Å²) in [5.41, 5.74) is 2.41. The fraction of sp³-hybridized carbons (Fsp3) is 0.571. The Kier molecular flexibility index (Phi) is 4.30. The average Bonchev–Trinajstić information content (AvgIpc) is 2.39. The highest BCUT2D eigenvalue weighted by Crippen LogP contribution is 2.34. The highest BCUT2D eigenvalue weighted by molar-refractivity contribution is 7.99. The Hall–Kier alpha value is -0.470. The van der Waals surface area contributed by atoms with Gasteiger partial charge in [0.15, 0.2) is 0 Å². The van der Waals surface area contributed by atoms with Gasteiger partial charge in [0.1, 0.15) is 0 Å². The molecule has 0 amide bonds. The lowest BCUT2D eigenvalue weighted by Gasteiger charge is -2.26. The van der Waals surface area contributed by atoms with E-state index in [1.54, 1.807) is 0 Å². The van der Waals surface area contributed by atoms with Crippen LogP contribution < -0.4 is 0 Å². The summed E-state index contributed by atoms with van der Waals surface area (Å²) in [5, 5.41) is 10.7. The van der Waals surface area contributed by atoms with Crippen LogP contribution in [0, 0.1) is 0 Å². The molecule has 2 atom stereocenters. The largest absolute Gasteiger partial charge is 0.387 e. The van der Waals surface area contributed by atoms with Gasteiger partial charge in [0.05, 0.1) is 6.10 Å². The summed E-state index contributed by atoms with van der Waals surface area (Å²) in [5.74, 6) is 1.20. The van der Waals surface area contributed by atoms with Crippen molar-refractivity contribution in [3.8, 4) is 0 Å². The molecule has 0 saturated carbocycles. The molecule has 1 heterocycles. The van der Waals surface area contributed by atoms with E-state index in [2.05, 4.69) is 31.2 Å². The number of thioether (sulfide) groups is 1. The molecule has 0 aliphatic carbocycles. The molecule has 0 spiro atoms. The van der Waals surface area contributed by atoms with E-state index < -0.39 is 0 Å². The highest BCUT2D eigenvalue weighted by Gasteiger charge is 2.23. The van der Waals surface area contributed by atoms with Crippen molar-refractivity contribution in [3.05, 3.63) is 35.4 Å².